The summed E-state index contributed by atoms with van der Waals surface area (Å²) in [6.07, 6.45) is 1.61. The van der Waals surface area contributed by atoms with Gasteiger partial charge in [-0.1, -0.05) is 36.4 Å². The molecule has 0 saturated heterocycles. The minimum atomic E-state index is 0.0208. The lowest BCUT2D eigenvalue weighted by Crippen LogP contribution is -2.46. The minimum absolute atomic E-state index is 0.0208. The number of thiocarbonyl (C=S) groups is 1. The predicted molar refractivity (Wildman–Crippen MR) is 142 cm³/mol. The molecule has 0 fully saturated rings. The molecular weight excluding hydrogens is 460 g/mol. The van der Waals surface area contributed by atoms with Crippen LogP contribution in [0.3, 0.4) is 0 Å². The first-order valence-corrected chi connectivity index (χ1v) is 12.0. The minimum Gasteiger partial charge on any atom is -0.493 e. The Labute approximate surface area is 212 Å². The monoisotopic (exact) mass is 492 g/mol. The molecule has 1 N–H and O–H groups in total. The van der Waals surface area contributed by atoms with Crippen molar-refractivity contribution in [3.05, 3.63) is 82.9 Å². The fourth-order valence-corrected chi connectivity index (χ4v) is 4.89. The lowest BCUT2D eigenvalue weighted by molar-refractivity contribution is 0.288. The molecule has 1 heterocycles. The normalized spacial score (nSPS) is 14.6. The topological polar surface area (TPSA) is 52.2 Å². The predicted octanol–water partition coefficient (Wildman–Crippen LogP) is 4.94. The van der Waals surface area contributed by atoms with Crippen molar-refractivity contribution in [2.24, 2.45) is 0 Å². The number of fused-ring (bicyclic) bond motifs is 1. The third-order valence-electron chi connectivity index (χ3n) is 6.43. The Hall–Kier alpha value is -3.45. The number of benzene rings is 3. The molecule has 35 heavy (non-hydrogen) atoms. The van der Waals surface area contributed by atoms with E-state index in [0.29, 0.717) is 23.8 Å². The highest BCUT2D eigenvalue weighted by Crippen LogP contribution is 2.40. The van der Waals surface area contributed by atoms with E-state index in [9.17, 15) is 0 Å². The summed E-state index contributed by atoms with van der Waals surface area (Å²) in [7, 11) is 6.64. The summed E-state index contributed by atoms with van der Waals surface area (Å²) < 4.78 is 22.2. The second-order valence-corrected chi connectivity index (χ2v) is 8.79. The first-order chi connectivity index (χ1) is 17.1. The quantitative estimate of drug-likeness (QED) is 0.447. The highest BCUT2D eigenvalue weighted by Gasteiger charge is 2.31. The molecule has 0 unspecified atom stereocenters. The Bertz CT molecular complexity index is 1170. The highest BCUT2D eigenvalue weighted by molar-refractivity contribution is 7.80. The number of hydrogen-bond donors (Lipinski definition) is 1. The molecule has 1 atom stereocenters. The number of ether oxygens (including phenoxy) is 4. The van der Waals surface area contributed by atoms with Crippen LogP contribution in [-0.4, -0.2) is 45.0 Å². The zero-order valence-corrected chi connectivity index (χ0v) is 21.5. The van der Waals surface area contributed by atoms with Crippen LogP contribution in [0.1, 0.15) is 28.3 Å². The molecule has 1 aliphatic rings. The van der Waals surface area contributed by atoms with Gasteiger partial charge in [0.25, 0.3) is 0 Å². The Morgan fingerprint density at radius 3 is 2.17 bits per heavy atom. The number of methoxy groups -OCH3 is 4. The van der Waals surface area contributed by atoms with Crippen LogP contribution >= 0.6 is 12.2 Å². The molecule has 0 spiro atoms. The summed E-state index contributed by atoms with van der Waals surface area (Å²) in [4.78, 5) is 2.28. The molecule has 184 valence electrons. The number of nitrogens with zero attached hydrogens (tertiary/aromatic N) is 1. The van der Waals surface area contributed by atoms with E-state index < -0.39 is 0 Å². The average molecular weight is 493 g/mol. The number of rotatable bonds is 8. The third-order valence-corrected chi connectivity index (χ3v) is 6.81. The van der Waals surface area contributed by atoms with Crippen LogP contribution in [0.5, 0.6) is 23.0 Å². The highest BCUT2D eigenvalue weighted by atomic mass is 32.1. The smallest absolute Gasteiger partial charge is 0.169 e. The summed E-state index contributed by atoms with van der Waals surface area (Å²) in [5.41, 5.74) is 4.75. The molecule has 0 bridgehead atoms. The number of nitrogens with one attached hydrogen (secondary N) is 1. The van der Waals surface area contributed by atoms with Gasteiger partial charge in [0.05, 0.1) is 34.5 Å². The first-order valence-electron chi connectivity index (χ1n) is 11.6. The van der Waals surface area contributed by atoms with Gasteiger partial charge >= 0.3 is 0 Å². The fourth-order valence-electron chi connectivity index (χ4n) is 4.60. The third kappa shape index (κ3) is 5.46. The SMILES string of the molecule is COc1ccc(C[C@H]2c3cc(OC)c(OC)cc3CCN2C(=S)NCc2ccccc2)cc1OC. The zero-order valence-electron chi connectivity index (χ0n) is 20.7. The Morgan fingerprint density at radius 1 is 0.829 bits per heavy atom. The van der Waals surface area contributed by atoms with Gasteiger partial charge in [-0.25, -0.2) is 0 Å². The van der Waals surface area contributed by atoms with Gasteiger partial charge in [0.15, 0.2) is 28.1 Å². The maximum absolute atomic E-state index is 5.91. The van der Waals surface area contributed by atoms with Crippen LogP contribution in [0.4, 0.5) is 0 Å². The molecule has 6 nitrogen and oxygen atoms in total. The van der Waals surface area contributed by atoms with Crippen LogP contribution in [0.15, 0.2) is 60.7 Å². The largest absolute Gasteiger partial charge is 0.493 e. The maximum Gasteiger partial charge on any atom is 0.169 e. The summed E-state index contributed by atoms with van der Waals surface area (Å²) in [6, 6.07) is 20.5. The van der Waals surface area contributed by atoms with Crippen molar-refractivity contribution < 1.29 is 18.9 Å². The second kappa shape index (κ2) is 11.3. The van der Waals surface area contributed by atoms with Crippen LogP contribution in [0, 0.1) is 0 Å². The molecule has 0 aromatic heterocycles. The van der Waals surface area contributed by atoms with Gasteiger partial charge in [-0.3, -0.25) is 0 Å². The molecule has 0 amide bonds. The van der Waals surface area contributed by atoms with Crippen LogP contribution in [-0.2, 0) is 19.4 Å². The Kier molecular flexibility index (Phi) is 7.98. The summed E-state index contributed by atoms with van der Waals surface area (Å²) in [5, 5.41) is 4.20. The summed E-state index contributed by atoms with van der Waals surface area (Å²) in [5.74, 6) is 2.89. The van der Waals surface area contributed by atoms with Crippen LogP contribution in [0.25, 0.3) is 0 Å². The van der Waals surface area contributed by atoms with Crippen molar-refractivity contribution in [2.45, 2.75) is 25.4 Å². The van der Waals surface area contributed by atoms with Gasteiger partial charge in [0.1, 0.15) is 0 Å². The van der Waals surface area contributed by atoms with Gasteiger partial charge in [0, 0.05) is 13.1 Å². The van der Waals surface area contributed by atoms with Gasteiger partial charge < -0.3 is 29.2 Å². The molecule has 3 aromatic rings. The van der Waals surface area contributed by atoms with E-state index in [0.717, 1.165) is 35.8 Å². The first kappa shape index (κ1) is 24.7. The Morgan fingerprint density at radius 2 is 1.49 bits per heavy atom. The molecule has 4 rings (SSSR count). The molecular formula is C28H32N2O4S. The van der Waals surface area contributed by atoms with Crippen LogP contribution < -0.4 is 24.3 Å². The molecule has 0 saturated carbocycles. The van der Waals surface area contributed by atoms with Gasteiger partial charge in [-0.2, -0.15) is 0 Å². The average Bonchev–Trinajstić information content (AvgIpc) is 2.91. The van der Waals surface area contributed by atoms with Crippen molar-refractivity contribution >= 4 is 17.3 Å². The van der Waals surface area contributed by atoms with E-state index >= 15 is 0 Å². The van der Waals surface area contributed by atoms with Crippen molar-refractivity contribution in [1.29, 1.82) is 0 Å². The number of hydrogen-bond acceptors (Lipinski definition) is 5. The molecule has 0 radical (unpaired) electrons. The zero-order chi connectivity index (χ0) is 24.8. The standard InChI is InChI=1S/C28H32N2O4S/c1-31-24-11-10-20(15-25(24)32-2)14-23-22-17-27(34-4)26(33-3)16-21(22)12-13-30(23)28(35)29-18-19-8-6-5-7-9-19/h5-11,15-17,23H,12-14,18H2,1-4H3,(H,29,35)/t23-/m0/s1. The molecule has 1 aliphatic heterocycles. The van der Waals surface area contributed by atoms with E-state index in [2.05, 4.69) is 40.5 Å². The summed E-state index contributed by atoms with van der Waals surface area (Å²) in [6.45, 7) is 1.49. The second-order valence-electron chi connectivity index (χ2n) is 8.40. The van der Waals surface area contributed by atoms with E-state index in [-0.39, 0.29) is 6.04 Å². The van der Waals surface area contributed by atoms with Crippen molar-refractivity contribution in [1.82, 2.24) is 10.2 Å². The Balaban J connectivity index is 1.67. The lowest BCUT2D eigenvalue weighted by atomic mass is 9.88. The van der Waals surface area contributed by atoms with Gasteiger partial charge in [0.2, 0.25) is 0 Å². The van der Waals surface area contributed by atoms with E-state index in [1.54, 1.807) is 28.4 Å². The van der Waals surface area contributed by atoms with Crippen molar-refractivity contribution in [3.8, 4) is 23.0 Å². The van der Waals surface area contributed by atoms with E-state index in [4.69, 9.17) is 31.2 Å². The fraction of sp³-hybridized carbons (Fsp3) is 0.321. The molecule has 3 aromatic carbocycles. The van der Waals surface area contributed by atoms with E-state index in [1.165, 1.54) is 16.7 Å². The lowest BCUT2D eigenvalue weighted by Gasteiger charge is -2.39. The van der Waals surface area contributed by atoms with Gasteiger partial charge in [-0.15, -0.1) is 0 Å². The molecule has 0 aliphatic carbocycles. The van der Waals surface area contributed by atoms with Crippen LogP contribution in [0.2, 0.25) is 0 Å². The summed E-state index contributed by atoms with van der Waals surface area (Å²) >= 11 is 5.91. The molecule has 7 heteroatoms. The van der Waals surface area contributed by atoms with Gasteiger partial charge in [-0.05, 0) is 71.6 Å². The van der Waals surface area contributed by atoms with E-state index in [1.807, 2.05) is 30.3 Å². The van der Waals surface area contributed by atoms with Crippen molar-refractivity contribution in [3.63, 3.8) is 0 Å². The van der Waals surface area contributed by atoms with Crippen molar-refractivity contribution in [2.75, 3.05) is 35.0 Å². The maximum atomic E-state index is 5.91.